The Morgan fingerprint density at radius 2 is 2.05 bits per heavy atom. The van der Waals surface area contributed by atoms with E-state index in [2.05, 4.69) is 37.9 Å². The molecule has 2 aromatic rings. The van der Waals surface area contributed by atoms with Gasteiger partial charge in [-0.05, 0) is 43.5 Å². The summed E-state index contributed by atoms with van der Waals surface area (Å²) in [7, 11) is 0. The molecule has 0 atom stereocenters. The number of aryl methyl sites for hydroxylation is 2. The largest absolute Gasteiger partial charge is 0.397 e. The van der Waals surface area contributed by atoms with E-state index in [0.29, 0.717) is 17.8 Å². The first kappa shape index (κ1) is 14.9. The summed E-state index contributed by atoms with van der Waals surface area (Å²) in [5, 5.41) is 0.726. The van der Waals surface area contributed by atoms with Crippen LogP contribution in [0.1, 0.15) is 34.8 Å². The van der Waals surface area contributed by atoms with Gasteiger partial charge in [0.15, 0.2) is 0 Å². The van der Waals surface area contributed by atoms with Gasteiger partial charge in [-0.25, -0.2) is 4.98 Å². The number of nitrogens with two attached hydrogens (primary N) is 1. The molecule has 2 N–H and O–H groups in total. The lowest BCUT2D eigenvalue weighted by Gasteiger charge is -2.24. The Hall–Kier alpha value is -2.01. The van der Waals surface area contributed by atoms with E-state index in [1.807, 2.05) is 4.90 Å². The van der Waals surface area contributed by atoms with Crippen molar-refractivity contribution in [2.75, 3.05) is 17.2 Å². The highest BCUT2D eigenvalue weighted by molar-refractivity contribution is 7.99. The molecule has 1 aliphatic heterocycles. The number of benzene rings is 1. The van der Waals surface area contributed by atoms with Crippen molar-refractivity contribution in [3.8, 4) is 0 Å². The quantitative estimate of drug-likeness (QED) is 0.916. The number of nitrogens with zero attached hydrogens (tertiary/aromatic N) is 2. The van der Waals surface area contributed by atoms with Gasteiger partial charge in [0.2, 0.25) is 0 Å². The van der Waals surface area contributed by atoms with Crippen molar-refractivity contribution in [3.05, 3.63) is 41.1 Å². The molecule has 1 aromatic heterocycles. The second-order valence-corrected chi connectivity index (χ2v) is 6.64. The summed E-state index contributed by atoms with van der Waals surface area (Å²) < 4.78 is 0. The van der Waals surface area contributed by atoms with Crippen LogP contribution in [0.25, 0.3) is 0 Å². The summed E-state index contributed by atoms with van der Waals surface area (Å²) in [5.74, 6) is -0.0187. The van der Waals surface area contributed by atoms with E-state index < -0.39 is 0 Å². The number of hydrogen-bond donors (Lipinski definition) is 1. The third kappa shape index (κ3) is 2.46. The molecule has 22 heavy (non-hydrogen) atoms. The lowest BCUT2D eigenvalue weighted by molar-refractivity contribution is 0.0983. The summed E-state index contributed by atoms with van der Waals surface area (Å²) in [6.45, 7) is 6.89. The van der Waals surface area contributed by atoms with Crippen molar-refractivity contribution < 1.29 is 4.79 Å². The van der Waals surface area contributed by atoms with Crippen LogP contribution in [0, 0.1) is 13.8 Å². The minimum absolute atomic E-state index is 0.0187. The van der Waals surface area contributed by atoms with Gasteiger partial charge < -0.3 is 10.6 Å². The molecular formula is C17H19N3OS. The predicted molar refractivity (Wildman–Crippen MR) is 90.7 cm³/mol. The number of anilines is 2. The van der Waals surface area contributed by atoms with E-state index in [1.165, 1.54) is 5.56 Å². The fraction of sp³-hybridized carbons (Fsp3) is 0.294. The maximum atomic E-state index is 13.0. The number of nitrogen functional groups attached to an aromatic ring is 1. The zero-order valence-electron chi connectivity index (χ0n) is 13.0. The zero-order chi connectivity index (χ0) is 15.9. The highest BCUT2D eigenvalue weighted by Gasteiger charge is 2.29. The van der Waals surface area contributed by atoms with Gasteiger partial charge in [-0.15, -0.1) is 0 Å². The van der Waals surface area contributed by atoms with Crippen LogP contribution in [0.15, 0.2) is 34.3 Å². The number of pyridine rings is 1. The van der Waals surface area contributed by atoms with Crippen LogP contribution in [0.5, 0.6) is 0 Å². The molecule has 1 aromatic carbocycles. The van der Waals surface area contributed by atoms with E-state index in [-0.39, 0.29) is 5.91 Å². The molecule has 1 amide bonds. The Balaban J connectivity index is 2.26. The predicted octanol–water partition coefficient (Wildman–Crippen LogP) is 3.80. The van der Waals surface area contributed by atoms with Crippen molar-refractivity contribution in [1.29, 1.82) is 0 Å². The second kappa shape index (κ2) is 5.65. The number of amides is 1. The molecule has 2 heterocycles. The van der Waals surface area contributed by atoms with Gasteiger partial charge in [-0.3, -0.25) is 4.79 Å². The third-order valence-corrected chi connectivity index (χ3v) is 4.73. The van der Waals surface area contributed by atoms with Gasteiger partial charge in [0.1, 0.15) is 5.03 Å². The first-order valence-electron chi connectivity index (χ1n) is 7.37. The molecule has 0 bridgehead atoms. The van der Waals surface area contributed by atoms with Crippen LogP contribution >= 0.6 is 11.8 Å². The van der Waals surface area contributed by atoms with Crippen molar-refractivity contribution in [2.45, 2.75) is 37.1 Å². The van der Waals surface area contributed by atoms with Crippen LogP contribution in [0.2, 0.25) is 0 Å². The van der Waals surface area contributed by atoms with Crippen LogP contribution in [0.3, 0.4) is 0 Å². The monoisotopic (exact) mass is 313 g/mol. The van der Waals surface area contributed by atoms with E-state index in [1.54, 1.807) is 24.0 Å². The van der Waals surface area contributed by atoms with Crippen LogP contribution in [-0.2, 0) is 0 Å². The smallest absolute Gasteiger partial charge is 0.261 e. The molecular weight excluding hydrogens is 294 g/mol. The lowest BCUT2D eigenvalue weighted by Crippen LogP contribution is -2.32. The standard InChI is InChI=1S/C17H19N3OS/c1-4-5-20-15-11(3)6-10(2)7-14(15)22-16-13(17(20)21)8-12(18)9-19-16/h6-9H,4-5,18H2,1-3H3. The third-order valence-electron chi connectivity index (χ3n) is 3.68. The van der Waals surface area contributed by atoms with Crippen molar-refractivity contribution in [3.63, 3.8) is 0 Å². The van der Waals surface area contributed by atoms with Gasteiger partial charge >= 0.3 is 0 Å². The summed E-state index contributed by atoms with van der Waals surface area (Å²) >= 11 is 1.54. The number of fused-ring (bicyclic) bond motifs is 2. The Kier molecular flexibility index (Phi) is 3.83. The molecule has 0 spiro atoms. The maximum Gasteiger partial charge on any atom is 0.261 e. The molecule has 0 radical (unpaired) electrons. The molecule has 1 aliphatic rings. The summed E-state index contributed by atoms with van der Waals surface area (Å²) in [6.07, 6.45) is 2.51. The van der Waals surface area contributed by atoms with Crippen molar-refractivity contribution in [2.24, 2.45) is 0 Å². The molecule has 114 valence electrons. The van der Waals surface area contributed by atoms with E-state index in [4.69, 9.17) is 5.73 Å². The van der Waals surface area contributed by atoms with Gasteiger partial charge in [-0.2, -0.15) is 0 Å². The Bertz CT molecular complexity index is 758. The molecule has 0 aliphatic carbocycles. The fourth-order valence-electron chi connectivity index (χ4n) is 2.84. The number of carbonyl (C=O) groups is 1. The average molecular weight is 313 g/mol. The molecule has 4 nitrogen and oxygen atoms in total. The van der Waals surface area contributed by atoms with E-state index >= 15 is 0 Å². The number of hydrogen-bond acceptors (Lipinski definition) is 4. The van der Waals surface area contributed by atoms with E-state index in [9.17, 15) is 4.79 Å². The SMILES string of the molecule is CCCN1C(=O)c2cc(N)cnc2Sc2cc(C)cc(C)c21. The molecule has 0 saturated heterocycles. The number of aromatic nitrogens is 1. The summed E-state index contributed by atoms with van der Waals surface area (Å²) in [5.41, 5.74) is 10.2. The normalized spacial score (nSPS) is 13.6. The Morgan fingerprint density at radius 3 is 2.77 bits per heavy atom. The molecule has 0 fully saturated rings. The highest BCUT2D eigenvalue weighted by atomic mass is 32.2. The molecule has 0 unspecified atom stereocenters. The summed E-state index contributed by atoms with van der Waals surface area (Å²) in [4.78, 5) is 20.3. The van der Waals surface area contributed by atoms with Gasteiger partial charge in [0.25, 0.3) is 5.91 Å². The van der Waals surface area contributed by atoms with Crippen LogP contribution < -0.4 is 10.6 Å². The molecule has 3 rings (SSSR count). The minimum Gasteiger partial charge on any atom is -0.397 e. The van der Waals surface area contributed by atoms with E-state index in [0.717, 1.165) is 27.6 Å². The zero-order valence-corrected chi connectivity index (χ0v) is 13.8. The molecule has 0 saturated carbocycles. The Labute approximate surface area is 134 Å². The van der Waals surface area contributed by atoms with Gasteiger partial charge in [0, 0.05) is 11.4 Å². The first-order valence-corrected chi connectivity index (χ1v) is 8.19. The molecule has 5 heteroatoms. The van der Waals surface area contributed by atoms with Gasteiger partial charge in [0.05, 0.1) is 23.1 Å². The second-order valence-electron chi connectivity index (χ2n) is 5.61. The van der Waals surface area contributed by atoms with Crippen LogP contribution in [-0.4, -0.2) is 17.4 Å². The fourth-order valence-corrected chi connectivity index (χ4v) is 4.02. The van der Waals surface area contributed by atoms with Crippen molar-refractivity contribution in [1.82, 2.24) is 4.98 Å². The van der Waals surface area contributed by atoms with Crippen LogP contribution in [0.4, 0.5) is 11.4 Å². The Morgan fingerprint density at radius 1 is 1.27 bits per heavy atom. The highest BCUT2D eigenvalue weighted by Crippen LogP contribution is 2.43. The summed E-state index contributed by atoms with van der Waals surface area (Å²) in [6, 6.07) is 5.97. The number of carbonyl (C=O) groups excluding carboxylic acids is 1. The van der Waals surface area contributed by atoms with Gasteiger partial charge in [-0.1, -0.05) is 24.8 Å². The first-order chi connectivity index (χ1) is 10.5. The van der Waals surface area contributed by atoms with Crippen molar-refractivity contribution >= 4 is 29.0 Å². The average Bonchev–Trinajstić information content (AvgIpc) is 2.56. The maximum absolute atomic E-state index is 13.0. The lowest BCUT2D eigenvalue weighted by atomic mass is 10.1. The minimum atomic E-state index is -0.0187. The number of rotatable bonds is 2. The topological polar surface area (TPSA) is 59.2 Å².